The van der Waals surface area contributed by atoms with Crippen molar-refractivity contribution in [3.63, 3.8) is 0 Å². The highest BCUT2D eigenvalue weighted by Gasteiger charge is 2.33. The summed E-state index contributed by atoms with van der Waals surface area (Å²) in [5.41, 5.74) is 4.09. The molecule has 1 aromatic rings. The minimum atomic E-state index is -0.283. The Morgan fingerprint density at radius 2 is 1.96 bits per heavy atom. The fourth-order valence-corrected chi connectivity index (χ4v) is 4.57. The summed E-state index contributed by atoms with van der Waals surface area (Å²) < 4.78 is 0. The summed E-state index contributed by atoms with van der Waals surface area (Å²) in [4.78, 5) is 27.8. The van der Waals surface area contributed by atoms with E-state index in [1.165, 1.54) is 12.6 Å². The summed E-state index contributed by atoms with van der Waals surface area (Å²) in [6, 6.07) is 4.00. The SMILES string of the molecule is CCCN1c2cc(Cl)c(/C=C3\SC(=O)N(C)C3=O)cc2C(C)=CC1(C)C. The van der Waals surface area contributed by atoms with Crippen molar-refractivity contribution in [1.29, 1.82) is 0 Å². The van der Waals surface area contributed by atoms with Gasteiger partial charge in [-0.1, -0.05) is 24.6 Å². The van der Waals surface area contributed by atoms with E-state index >= 15 is 0 Å². The fraction of sp³-hybridized carbons (Fsp3) is 0.400. The fourth-order valence-electron chi connectivity index (χ4n) is 3.54. The molecule has 2 amide bonds. The number of anilines is 1. The van der Waals surface area contributed by atoms with Gasteiger partial charge in [0.05, 0.1) is 10.4 Å². The van der Waals surface area contributed by atoms with Crippen molar-refractivity contribution < 1.29 is 9.59 Å². The second-order valence-corrected chi connectivity index (χ2v) is 8.66. The Morgan fingerprint density at radius 3 is 2.54 bits per heavy atom. The highest BCUT2D eigenvalue weighted by Crippen LogP contribution is 2.42. The maximum atomic E-state index is 12.2. The highest BCUT2D eigenvalue weighted by atomic mass is 35.5. The number of hydrogen-bond donors (Lipinski definition) is 0. The zero-order valence-electron chi connectivity index (χ0n) is 15.7. The number of benzene rings is 1. The van der Waals surface area contributed by atoms with Crippen molar-refractivity contribution in [2.75, 3.05) is 18.5 Å². The van der Waals surface area contributed by atoms with Gasteiger partial charge in [0.15, 0.2) is 0 Å². The van der Waals surface area contributed by atoms with Gasteiger partial charge in [-0.15, -0.1) is 0 Å². The maximum absolute atomic E-state index is 12.2. The van der Waals surface area contributed by atoms with Crippen LogP contribution in [0.1, 0.15) is 45.2 Å². The van der Waals surface area contributed by atoms with Crippen molar-refractivity contribution >= 4 is 51.8 Å². The molecule has 2 heterocycles. The van der Waals surface area contributed by atoms with Gasteiger partial charge in [0.25, 0.3) is 11.1 Å². The summed E-state index contributed by atoms with van der Waals surface area (Å²) in [6.07, 6.45) is 5.02. The van der Waals surface area contributed by atoms with Gasteiger partial charge in [-0.3, -0.25) is 14.5 Å². The second-order valence-electron chi connectivity index (χ2n) is 7.26. The molecule has 4 nitrogen and oxygen atoms in total. The molecule has 1 fully saturated rings. The minimum absolute atomic E-state index is 0.0806. The Labute approximate surface area is 163 Å². The largest absolute Gasteiger partial charge is 0.362 e. The number of carbonyl (C=O) groups is 2. The summed E-state index contributed by atoms with van der Waals surface area (Å²) in [5, 5.41) is 0.320. The lowest BCUT2D eigenvalue weighted by molar-refractivity contribution is -0.121. The van der Waals surface area contributed by atoms with Crippen LogP contribution >= 0.6 is 23.4 Å². The van der Waals surface area contributed by atoms with Crippen LogP contribution in [0.2, 0.25) is 5.02 Å². The first-order valence-electron chi connectivity index (χ1n) is 8.68. The molecule has 26 heavy (non-hydrogen) atoms. The van der Waals surface area contributed by atoms with Gasteiger partial charge < -0.3 is 4.90 Å². The molecule has 2 aliphatic heterocycles. The number of fused-ring (bicyclic) bond motifs is 1. The van der Waals surface area contributed by atoms with Crippen LogP contribution in [-0.2, 0) is 4.79 Å². The monoisotopic (exact) mass is 390 g/mol. The molecule has 0 spiro atoms. The Bertz CT molecular complexity index is 858. The molecule has 0 bridgehead atoms. The zero-order valence-corrected chi connectivity index (χ0v) is 17.3. The van der Waals surface area contributed by atoms with Crippen LogP contribution in [0.25, 0.3) is 11.6 Å². The number of allylic oxidation sites excluding steroid dienone is 1. The molecule has 1 aromatic carbocycles. The van der Waals surface area contributed by atoms with Crippen molar-refractivity contribution in [1.82, 2.24) is 4.90 Å². The minimum Gasteiger partial charge on any atom is -0.362 e. The number of likely N-dealkylation sites (N-methyl/N-ethyl adjacent to an activating group) is 1. The molecule has 2 aliphatic rings. The lowest BCUT2D eigenvalue weighted by atomic mass is 9.87. The molecule has 0 saturated carbocycles. The van der Waals surface area contributed by atoms with Gasteiger partial charge in [0.2, 0.25) is 0 Å². The Kier molecular flexibility index (Phi) is 4.97. The summed E-state index contributed by atoms with van der Waals surface area (Å²) >= 11 is 7.50. The van der Waals surface area contributed by atoms with E-state index in [-0.39, 0.29) is 16.7 Å². The predicted molar refractivity (Wildman–Crippen MR) is 111 cm³/mol. The van der Waals surface area contributed by atoms with E-state index in [9.17, 15) is 9.59 Å². The van der Waals surface area contributed by atoms with Crippen molar-refractivity contribution in [2.24, 2.45) is 0 Å². The molecule has 0 radical (unpaired) electrons. The molecule has 6 heteroatoms. The van der Waals surface area contributed by atoms with E-state index in [4.69, 9.17) is 11.6 Å². The van der Waals surface area contributed by atoms with Crippen LogP contribution in [0.5, 0.6) is 0 Å². The Hall–Kier alpha value is -1.72. The molecular formula is C20H23ClN2O2S. The van der Waals surface area contributed by atoms with Gasteiger partial charge in [-0.05, 0) is 68.3 Å². The number of halogens is 1. The standard InChI is InChI=1S/C20H23ClN2O2S/c1-6-7-23-16-10-15(21)13(8-14(16)12(2)11-20(23,3)4)9-17-18(24)22(5)19(25)26-17/h8-11H,6-7H2,1-5H3/b17-9-. The molecule has 0 unspecified atom stereocenters. The van der Waals surface area contributed by atoms with Crippen molar-refractivity contribution in [3.05, 3.63) is 39.3 Å². The molecule has 0 aliphatic carbocycles. The van der Waals surface area contributed by atoms with Crippen LogP contribution < -0.4 is 4.90 Å². The van der Waals surface area contributed by atoms with Crippen LogP contribution in [0.15, 0.2) is 23.1 Å². The van der Waals surface area contributed by atoms with Crippen LogP contribution in [0.4, 0.5) is 10.5 Å². The zero-order chi connectivity index (χ0) is 19.2. The van der Waals surface area contributed by atoms with E-state index < -0.39 is 0 Å². The van der Waals surface area contributed by atoms with E-state index in [1.807, 2.05) is 12.1 Å². The van der Waals surface area contributed by atoms with E-state index in [0.717, 1.165) is 46.4 Å². The summed E-state index contributed by atoms with van der Waals surface area (Å²) in [7, 11) is 1.49. The number of thioether (sulfide) groups is 1. The number of rotatable bonds is 3. The van der Waals surface area contributed by atoms with E-state index in [1.54, 1.807) is 6.08 Å². The molecule has 1 saturated heterocycles. The van der Waals surface area contributed by atoms with Crippen LogP contribution in [-0.4, -0.2) is 35.2 Å². The third kappa shape index (κ3) is 3.19. The highest BCUT2D eigenvalue weighted by molar-refractivity contribution is 8.18. The number of nitrogens with zero attached hydrogens (tertiary/aromatic N) is 2. The molecular weight excluding hydrogens is 368 g/mol. The van der Waals surface area contributed by atoms with Gasteiger partial charge in [0.1, 0.15) is 0 Å². The van der Waals surface area contributed by atoms with Gasteiger partial charge in [-0.25, -0.2) is 0 Å². The Morgan fingerprint density at radius 1 is 1.27 bits per heavy atom. The number of imide groups is 1. The quantitative estimate of drug-likeness (QED) is 0.646. The summed E-state index contributed by atoms with van der Waals surface area (Å²) in [5.74, 6) is -0.283. The number of amides is 2. The molecule has 0 aromatic heterocycles. The van der Waals surface area contributed by atoms with Crippen LogP contribution in [0, 0.1) is 0 Å². The van der Waals surface area contributed by atoms with Crippen LogP contribution in [0.3, 0.4) is 0 Å². The van der Waals surface area contributed by atoms with Crippen molar-refractivity contribution in [2.45, 2.75) is 39.7 Å². The number of hydrogen-bond acceptors (Lipinski definition) is 4. The average molecular weight is 391 g/mol. The lowest BCUT2D eigenvalue weighted by Gasteiger charge is -2.43. The first kappa shape index (κ1) is 19.1. The molecule has 0 N–H and O–H groups in total. The topological polar surface area (TPSA) is 40.6 Å². The lowest BCUT2D eigenvalue weighted by Crippen LogP contribution is -2.45. The van der Waals surface area contributed by atoms with Gasteiger partial charge >= 0.3 is 0 Å². The van der Waals surface area contributed by atoms with E-state index in [0.29, 0.717) is 9.93 Å². The smallest absolute Gasteiger partial charge is 0.293 e. The maximum Gasteiger partial charge on any atom is 0.293 e. The third-order valence-corrected chi connectivity index (χ3v) is 6.10. The van der Waals surface area contributed by atoms with Gasteiger partial charge in [-0.2, -0.15) is 0 Å². The average Bonchev–Trinajstić information content (AvgIpc) is 2.79. The summed E-state index contributed by atoms with van der Waals surface area (Å²) in [6.45, 7) is 9.61. The van der Waals surface area contributed by atoms with Crippen molar-refractivity contribution in [3.8, 4) is 0 Å². The first-order valence-corrected chi connectivity index (χ1v) is 9.87. The number of carbonyl (C=O) groups excluding carboxylic acids is 2. The van der Waals surface area contributed by atoms with E-state index in [2.05, 4.69) is 38.7 Å². The molecule has 0 atom stereocenters. The predicted octanol–water partition coefficient (Wildman–Crippen LogP) is 5.42. The second kappa shape index (κ2) is 6.78. The normalized spacial score (nSPS) is 20.7. The first-order chi connectivity index (χ1) is 12.2. The van der Waals surface area contributed by atoms with Gasteiger partial charge in [0, 0.05) is 29.9 Å². The molecule has 3 rings (SSSR count). The Balaban J connectivity index is 2.09. The molecule has 138 valence electrons. The third-order valence-electron chi connectivity index (χ3n) is 4.82.